The average molecular weight is 339 g/mol. The number of hydrogen-bond donors (Lipinski definition) is 1. The maximum atomic E-state index is 5.39. The molecule has 1 aromatic carbocycles. The van der Waals surface area contributed by atoms with Gasteiger partial charge in [-0.2, -0.15) is 0 Å². The lowest BCUT2D eigenvalue weighted by Gasteiger charge is -2.16. The first-order valence-electron chi connectivity index (χ1n) is 7.57. The zero-order valence-electron chi connectivity index (χ0n) is 13.7. The normalized spacial score (nSPS) is 13.0. The predicted octanol–water partition coefficient (Wildman–Crippen LogP) is 3.45. The molecular formula is C17H23ClN2O3. The highest BCUT2D eigenvalue weighted by Crippen LogP contribution is 2.32. The first kappa shape index (κ1) is 17.6. The van der Waals surface area contributed by atoms with Crippen LogP contribution in [-0.2, 0) is 18.4 Å². The van der Waals surface area contributed by atoms with Crippen LogP contribution in [0, 0.1) is 0 Å². The molecule has 3 rings (SSSR count). The summed E-state index contributed by atoms with van der Waals surface area (Å²) in [6.07, 6.45) is 2.67. The van der Waals surface area contributed by atoms with Gasteiger partial charge in [0.2, 0.25) is 6.79 Å². The van der Waals surface area contributed by atoms with Gasteiger partial charge >= 0.3 is 0 Å². The zero-order valence-corrected chi connectivity index (χ0v) is 14.5. The van der Waals surface area contributed by atoms with Crippen molar-refractivity contribution in [2.45, 2.75) is 39.2 Å². The first-order chi connectivity index (χ1) is 10.5. The van der Waals surface area contributed by atoms with Crippen molar-refractivity contribution in [2.75, 3.05) is 13.3 Å². The zero-order chi connectivity index (χ0) is 15.6. The molecule has 0 spiro atoms. The van der Waals surface area contributed by atoms with Crippen LogP contribution in [0.3, 0.4) is 0 Å². The van der Waals surface area contributed by atoms with Gasteiger partial charge in [0.1, 0.15) is 6.26 Å². The van der Waals surface area contributed by atoms with Crippen molar-refractivity contribution in [3.8, 4) is 11.5 Å². The Hall–Kier alpha value is -1.72. The summed E-state index contributed by atoms with van der Waals surface area (Å²) in [5.74, 6) is 1.67. The van der Waals surface area contributed by atoms with Gasteiger partial charge in [0.15, 0.2) is 11.5 Å². The molecule has 0 aliphatic carbocycles. The number of nitrogens with zero attached hydrogens (tertiary/aromatic N) is 1. The van der Waals surface area contributed by atoms with Gasteiger partial charge in [0, 0.05) is 17.5 Å². The summed E-state index contributed by atoms with van der Waals surface area (Å²) in [7, 11) is 0. The van der Waals surface area contributed by atoms with E-state index < -0.39 is 0 Å². The number of benzene rings is 1. The van der Waals surface area contributed by atoms with Crippen LogP contribution in [0.4, 0.5) is 0 Å². The molecule has 0 saturated heterocycles. The molecule has 2 heterocycles. The van der Waals surface area contributed by atoms with E-state index in [1.807, 2.05) is 12.1 Å². The maximum Gasteiger partial charge on any atom is 0.231 e. The smallest absolute Gasteiger partial charge is 0.231 e. The minimum absolute atomic E-state index is 0. The molecule has 1 aliphatic heterocycles. The third kappa shape index (κ3) is 4.18. The van der Waals surface area contributed by atoms with E-state index >= 15 is 0 Å². The summed E-state index contributed by atoms with van der Waals surface area (Å²) in [5, 5.41) is 7.56. The number of nitrogens with one attached hydrogen (secondary N) is 1. The fourth-order valence-corrected chi connectivity index (χ4v) is 2.55. The van der Waals surface area contributed by atoms with Crippen molar-refractivity contribution in [3.05, 3.63) is 41.3 Å². The molecule has 2 aromatic rings. The van der Waals surface area contributed by atoms with E-state index in [9.17, 15) is 0 Å². The van der Waals surface area contributed by atoms with Gasteiger partial charge in [0.25, 0.3) is 0 Å². The fourth-order valence-electron chi connectivity index (χ4n) is 2.55. The number of fused-ring (bicyclic) bond motifs is 1. The summed E-state index contributed by atoms with van der Waals surface area (Å²) in [6.45, 7) is 8.39. The molecule has 1 aromatic heterocycles. The van der Waals surface area contributed by atoms with Gasteiger partial charge in [-0.15, -0.1) is 12.4 Å². The van der Waals surface area contributed by atoms with Crippen LogP contribution >= 0.6 is 12.4 Å². The van der Waals surface area contributed by atoms with E-state index in [4.69, 9.17) is 14.0 Å². The summed E-state index contributed by atoms with van der Waals surface area (Å²) in [6, 6.07) is 6.09. The topological polar surface area (TPSA) is 56.5 Å². The van der Waals surface area contributed by atoms with Crippen molar-refractivity contribution < 1.29 is 14.0 Å². The van der Waals surface area contributed by atoms with Crippen molar-refractivity contribution in [2.24, 2.45) is 0 Å². The van der Waals surface area contributed by atoms with E-state index in [1.165, 1.54) is 5.56 Å². The first-order valence-corrected chi connectivity index (χ1v) is 7.57. The van der Waals surface area contributed by atoms with Crippen LogP contribution in [-0.4, -0.2) is 18.5 Å². The highest BCUT2D eigenvalue weighted by Gasteiger charge is 2.21. The number of rotatable bonds is 5. The Morgan fingerprint density at radius 1 is 1.17 bits per heavy atom. The number of halogens is 1. The number of ether oxygens (including phenoxy) is 2. The molecule has 1 aliphatic rings. The number of hydrogen-bond acceptors (Lipinski definition) is 5. The standard InChI is InChI=1S/C17H22N2O3.ClH/c1-17(2,3)16-13(10-22-19-16)9-18-7-6-12-4-5-14-15(8-12)21-11-20-14;/h4-5,8,10,18H,6-7,9,11H2,1-3H3;1H. The van der Waals surface area contributed by atoms with Crippen molar-refractivity contribution in [1.82, 2.24) is 10.5 Å². The highest BCUT2D eigenvalue weighted by atomic mass is 35.5. The van der Waals surface area contributed by atoms with Crippen LogP contribution < -0.4 is 14.8 Å². The molecule has 5 nitrogen and oxygen atoms in total. The van der Waals surface area contributed by atoms with Gasteiger partial charge in [-0.3, -0.25) is 0 Å². The van der Waals surface area contributed by atoms with Gasteiger partial charge in [0.05, 0.1) is 5.69 Å². The Kier molecular flexibility index (Phi) is 5.55. The second kappa shape index (κ2) is 7.23. The summed E-state index contributed by atoms with van der Waals surface area (Å²) in [4.78, 5) is 0. The lowest BCUT2D eigenvalue weighted by atomic mass is 9.89. The van der Waals surface area contributed by atoms with Gasteiger partial charge in [-0.1, -0.05) is 32.0 Å². The quantitative estimate of drug-likeness (QED) is 0.846. The third-order valence-corrected chi connectivity index (χ3v) is 3.70. The summed E-state index contributed by atoms with van der Waals surface area (Å²) >= 11 is 0. The second-order valence-corrected chi connectivity index (χ2v) is 6.55. The fraction of sp³-hybridized carbons (Fsp3) is 0.471. The van der Waals surface area contributed by atoms with Crippen LogP contribution in [0.15, 0.2) is 29.0 Å². The molecule has 6 heteroatoms. The van der Waals surface area contributed by atoms with Crippen molar-refractivity contribution in [1.29, 1.82) is 0 Å². The van der Waals surface area contributed by atoms with E-state index in [-0.39, 0.29) is 17.8 Å². The minimum atomic E-state index is 0. The van der Waals surface area contributed by atoms with Gasteiger partial charge < -0.3 is 19.3 Å². The average Bonchev–Trinajstić information content (AvgIpc) is 3.11. The number of aromatic nitrogens is 1. The maximum absolute atomic E-state index is 5.39. The molecule has 0 fully saturated rings. The molecule has 0 radical (unpaired) electrons. The SMILES string of the molecule is CC(C)(C)c1nocc1CNCCc1ccc2c(c1)OCO2.Cl. The largest absolute Gasteiger partial charge is 0.454 e. The van der Waals surface area contributed by atoms with Crippen LogP contribution in [0.25, 0.3) is 0 Å². The molecule has 0 atom stereocenters. The molecular weight excluding hydrogens is 316 g/mol. The molecule has 1 N–H and O–H groups in total. The minimum Gasteiger partial charge on any atom is -0.454 e. The highest BCUT2D eigenvalue weighted by molar-refractivity contribution is 5.85. The molecule has 23 heavy (non-hydrogen) atoms. The lowest BCUT2D eigenvalue weighted by molar-refractivity contribution is 0.174. The Labute approximate surface area is 142 Å². The Morgan fingerprint density at radius 2 is 1.96 bits per heavy atom. The molecule has 0 saturated carbocycles. The van der Waals surface area contributed by atoms with Crippen molar-refractivity contribution >= 4 is 12.4 Å². The van der Waals surface area contributed by atoms with Gasteiger partial charge in [-0.05, 0) is 30.7 Å². The van der Waals surface area contributed by atoms with Crippen LogP contribution in [0.2, 0.25) is 0 Å². The predicted molar refractivity (Wildman–Crippen MR) is 90.4 cm³/mol. The van der Waals surface area contributed by atoms with E-state index in [0.717, 1.165) is 42.3 Å². The molecule has 0 amide bonds. The lowest BCUT2D eigenvalue weighted by Crippen LogP contribution is -2.20. The molecule has 0 bridgehead atoms. The monoisotopic (exact) mass is 338 g/mol. The summed E-state index contributed by atoms with van der Waals surface area (Å²) < 4.78 is 15.8. The van der Waals surface area contributed by atoms with Crippen LogP contribution in [0.5, 0.6) is 11.5 Å². The second-order valence-electron chi connectivity index (χ2n) is 6.55. The van der Waals surface area contributed by atoms with Crippen molar-refractivity contribution in [3.63, 3.8) is 0 Å². The Bertz CT molecular complexity index is 650. The Balaban J connectivity index is 0.00000192. The third-order valence-electron chi connectivity index (χ3n) is 3.70. The van der Waals surface area contributed by atoms with Crippen LogP contribution in [0.1, 0.15) is 37.6 Å². The van der Waals surface area contributed by atoms with E-state index in [0.29, 0.717) is 6.79 Å². The van der Waals surface area contributed by atoms with E-state index in [2.05, 4.69) is 37.3 Å². The summed E-state index contributed by atoms with van der Waals surface area (Å²) in [5.41, 5.74) is 3.38. The molecule has 0 unspecified atom stereocenters. The molecule has 126 valence electrons. The van der Waals surface area contributed by atoms with E-state index in [1.54, 1.807) is 6.26 Å². The Morgan fingerprint density at radius 3 is 2.74 bits per heavy atom. The van der Waals surface area contributed by atoms with Gasteiger partial charge in [-0.25, -0.2) is 0 Å².